The van der Waals surface area contributed by atoms with E-state index < -0.39 is 5.76 Å². The first-order valence-corrected chi connectivity index (χ1v) is 11.1. The van der Waals surface area contributed by atoms with Crippen LogP contribution in [-0.2, 0) is 11.2 Å². The van der Waals surface area contributed by atoms with Gasteiger partial charge in [-0.15, -0.1) is 0 Å². The molecule has 1 amide bonds. The molecule has 2 atom stereocenters. The normalized spacial score (nSPS) is 13.4. The summed E-state index contributed by atoms with van der Waals surface area (Å²) in [7, 11) is 4.03. The Kier molecular flexibility index (Phi) is 8.06. The van der Waals surface area contributed by atoms with Crippen molar-refractivity contribution in [1.82, 2.24) is 15.2 Å². The van der Waals surface area contributed by atoms with Gasteiger partial charge in [0.1, 0.15) is 0 Å². The number of fused-ring (bicyclic) bond motifs is 1. The lowest BCUT2D eigenvalue weighted by Crippen LogP contribution is -2.41. The van der Waals surface area contributed by atoms with Crippen LogP contribution in [0.1, 0.15) is 49.7 Å². The fourth-order valence-corrected chi connectivity index (χ4v) is 3.92. The molecule has 0 fully saturated rings. The van der Waals surface area contributed by atoms with Crippen molar-refractivity contribution >= 4 is 17.0 Å². The van der Waals surface area contributed by atoms with Gasteiger partial charge >= 0.3 is 5.76 Å². The largest absolute Gasteiger partial charge is 0.417 e. The average molecular weight is 424 g/mol. The number of oxazole rings is 1. The van der Waals surface area contributed by atoms with Gasteiger partial charge < -0.3 is 14.6 Å². The SMILES string of the molecule is CCCC[C@H](CC(=O)NC[C@H](Cc1ccc2[nH]c(=O)oc2c1)N(C)C)c1ccccc1. The number of hydrogen-bond acceptors (Lipinski definition) is 4. The summed E-state index contributed by atoms with van der Waals surface area (Å²) in [6.45, 7) is 2.75. The maximum atomic E-state index is 12.8. The Labute approximate surface area is 183 Å². The van der Waals surface area contributed by atoms with Gasteiger partial charge in [0.25, 0.3) is 0 Å². The molecule has 6 nitrogen and oxygen atoms in total. The van der Waals surface area contributed by atoms with Crippen LogP contribution in [0.15, 0.2) is 57.7 Å². The van der Waals surface area contributed by atoms with E-state index in [4.69, 9.17) is 4.42 Å². The summed E-state index contributed by atoms with van der Waals surface area (Å²) in [6, 6.07) is 16.2. The number of unbranched alkanes of at least 4 members (excludes halogenated alkanes) is 1. The van der Waals surface area contributed by atoms with Crippen molar-refractivity contribution in [3.63, 3.8) is 0 Å². The molecule has 0 aliphatic rings. The molecular weight excluding hydrogens is 390 g/mol. The highest BCUT2D eigenvalue weighted by Crippen LogP contribution is 2.25. The highest BCUT2D eigenvalue weighted by molar-refractivity contribution is 5.77. The number of nitrogens with zero attached hydrogens (tertiary/aromatic N) is 1. The second kappa shape index (κ2) is 11.0. The summed E-state index contributed by atoms with van der Waals surface area (Å²) < 4.78 is 5.17. The lowest BCUT2D eigenvalue weighted by atomic mass is 9.90. The Hall–Kier alpha value is -2.86. The number of carbonyl (C=O) groups excluding carboxylic acids is 1. The first-order valence-electron chi connectivity index (χ1n) is 11.1. The Morgan fingerprint density at radius 3 is 2.65 bits per heavy atom. The molecule has 0 bridgehead atoms. The monoisotopic (exact) mass is 423 g/mol. The van der Waals surface area contributed by atoms with E-state index >= 15 is 0 Å². The van der Waals surface area contributed by atoms with Crippen LogP contribution in [0.4, 0.5) is 0 Å². The van der Waals surface area contributed by atoms with Crippen LogP contribution in [0.2, 0.25) is 0 Å². The smallest absolute Gasteiger partial charge is 0.408 e. The van der Waals surface area contributed by atoms with Crippen molar-refractivity contribution < 1.29 is 9.21 Å². The van der Waals surface area contributed by atoms with Gasteiger partial charge in [0.15, 0.2) is 5.58 Å². The highest BCUT2D eigenvalue weighted by Gasteiger charge is 2.18. The molecule has 2 N–H and O–H groups in total. The Bertz CT molecular complexity index is 1020. The molecule has 0 saturated carbocycles. The van der Waals surface area contributed by atoms with Crippen LogP contribution in [0.25, 0.3) is 11.1 Å². The topological polar surface area (TPSA) is 78.3 Å². The molecule has 0 radical (unpaired) electrons. The number of H-pyrrole nitrogens is 1. The van der Waals surface area contributed by atoms with Crippen molar-refractivity contribution in [1.29, 1.82) is 0 Å². The predicted octanol–water partition coefficient (Wildman–Crippen LogP) is 4.07. The van der Waals surface area contributed by atoms with Crippen LogP contribution >= 0.6 is 0 Å². The van der Waals surface area contributed by atoms with E-state index in [1.165, 1.54) is 5.56 Å². The molecule has 0 unspecified atom stereocenters. The van der Waals surface area contributed by atoms with E-state index in [9.17, 15) is 9.59 Å². The van der Waals surface area contributed by atoms with E-state index in [2.05, 4.69) is 34.3 Å². The zero-order valence-electron chi connectivity index (χ0n) is 18.7. The van der Waals surface area contributed by atoms with Crippen molar-refractivity contribution in [2.45, 2.75) is 51.0 Å². The second-order valence-electron chi connectivity index (χ2n) is 8.42. The lowest BCUT2D eigenvalue weighted by molar-refractivity contribution is -0.121. The molecule has 166 valence electrons. The molecular formula is C25H33N3O3. The number of carbonyl (C=O) groups is 1. The highest BCUT2D eigenvalue weighted by atomic mass is 16.4. The number of aromatic nitrogens is 1. The van der Waals surface area contributed by atoms with Gasteiger partial charge in [-0.1, -0.05) is 56.2 Å². The number of amides is 1. The van der Waals surface area contributed by atoms with Crippen molar-refractivity contribution in [2.75, 3.05) is 20.6 Å². The van der Waals surface area contributed by atoms with Crippen LogP contribution in [0.5, 0.6) is 0 Å². The maximum Gasteiger partial charge on any atom is 0.417 e. The van der Waals surface area contributed by atoms with Gasteiger partial charge in [-0.25, -0.2) is 4.79 Å². The lowest BCUT2D eigenvalue weighted by Gasteiger charge is -2.25. The summed E-state index contributed by atoms with van der Waals surface area (Å²) in [5.41, 5.74) is 3.55. The molecule has 0 aliphatic carbocycles. The van der Waals surface area contributed by atoms with Crippen LogP contribution in [0, 0.1) is 0 Å². The van der Waals surface area contributed by atoms with Gasteiger partial charge in [-0.2, -0.15) is 0 Å². The summed E-state index contributed by atoms with van der Waals surface area (Å²) in [5, 5.41) is 3.14. The quantitative estimate of drug-likeness (QED) is 0.487. The Balaban J connectivity index is 1.60. The molecule has 3 rings (SSSR count). The molecule has 1 aromatic heterocycles. The summed E-state index contributed by atoms with van der Waals surface area (Å²) >= 11 is 0. The summed E-state index contributed by atoms with van der Waals surface area (Å²) in [4.78, 5) is 28.9. The van der Waals surface area contributed by atoms with Crippen molar-refractivity contribution in [3.8, 4) is 0 Å². The molecule has 3 aromatic rings. The van der Waals surface area contributed by atoms with Crippen LogP contribution in [0.3, 0.4) is 0 Å². The number of nitrogens with one attached hydrogen (secondary N) is 2. The zero-order valence-corrected chi connectivity index (χ0v) is 18.7. The van der Waals surface area contributed by atoms with Gasteiger partial charge in [-0.05, 0) is 56.1 Å². The first-order chi connectivity index (χ1) is 15.0. The van der Waals surface area contributed by atoms with Crippen molar-refractivity contribution in [3.05, 3.63) is 70.2 Å². The molecule has 6 heteroatoms. The first kappa shape index (κ1) is 22.8. The average Bonchev–Trinajstić information content (AvgIpc) is 3.13. The minimum absolute atomic E-state index is 0.0869. The minimum Gasteiger partial charge on any atom is -0.408 e. The third-order valence-electron chi connectivity index (χ3n) is 5.83. The van der Waals surface area contributed by atoms with Crippen molar-refractivity contribution in [2.24, 2.45) is 0 Å². The van der Waals surface area contributed by atoms with Gasteiger partial charge in [0, 0.05) is 19.0 Å². The number of rotatable bonds is 11. The fourth-order valence-electron chi connectivity index (χ4n) is 3.92. The maximum absolute atomic E-state index is 12.8. The molecule has 0 aliphatic heterocycles. The summed E-state index contributed by atoms with van der Waals surface area (Å²) in [5.74, 6) is -0.110. The Morgan fingerprint density at radius 2 is 1.94 bits per heavy atom. The number of benzene rings is 2. The fraction of sp³-hybridized carbons (Fsp3) is 0.440. The number of hydrogen-bond donors (Lipinski definition) is 2. The van der Waals surface area contributed by atoms with Crippen LogP contribution < -0.4 is 11.1 Å². The number of likely N-dealkylation sites (N-methyl/N-ethyl adjacent to an activating group) is 1. The number of aromatic amines is 1. The van der Waals surface area contributed by atoms with E-state index in [0.29, 0.717) is 24.1 Å². The Morgan fingerprint density at radius 1 is 1.16 bits per heavy atom. The van der Waals surface area contributed by atoms with Gasteiger partial charge in [0.05, 0.1) is 5.52 Å². The van der Waals surface area contributed by atoms with E-state index in [1.54, 1.807) is 0 Å². The third kappa shape index (κ3) is 6.56. The molecule has 2 aromatic carbocycles. The molecule has 0 saturated heterocycles. The van der Waals surface area contributed by atoms with E-state index in [0.717, 1.165) is 31.2 Å². The predicted molar refractivity (Wildman–Crippen MR) is 124 cm³/mol. The van der Waals surface area contributed by atoms with E-state index in [1.807, 2.05) is 50.5 Å². The molecule has 0 spiro atoms. The molecule has 1 heterocycles. The van der Waals surface area contributed by atoms with Gasteiger partial charge in [0.2, 0.25) is 5.91 Å². The standard InChI is InChI=1S/C25H33N3O3/c1-4-5-9-20(19-10-7-6-8-11-19)16-24(29)26-17-21(28(2)3)14-18-12-13-22-23(15-18)31-25(30)27-22/h6-8,10-13,15,20-21H,4-5,9,14,16-17H2,1-3H3,(H,26,29)(H,27,30)/t20-,21+/m1/s1. The second-order valence-corrected chi connectivity index (χ2v) is 8.42. The minimum atomic E-state index is -0.445. The van der Waals surface area contributed by atoms with E-state index in [-0.39, 0.29) is 17.9 Å². The summed E-state index contributed by atoms with van der Waals surface area (Å²) in [6.07, 6.45) is 4.51. The molecule has 31 heavy (non-hydrogen) atoms. The van der Waals surface area contributed by atoms with Crippen LogP contribution in [-0.4, -0.2) is 42.5 Å². The van der Waals surface area contributed by atoms with Gasteiger partial charge in [-0.3, -0.25) is 9.78 Å². The zero-order chi connectivity index (χ0) is 22.2. The third-order valence-corrected chi connectivity index (χ3v) is 5.83.